The number of rotatable bonds is 2. The molecule has 106 valence electrons. The minimum absolute atomic E-state index is 0.0771. The van der Waals surface area contributed by atoms with Crippen molar-refractivity contribution in [1.82, 2.24) is 4.90 Å². The zero-order chi connectivity index (χ0) is 14.5. The lowest BCUT2D eigenvalue weighted by atomic mass is 10.2. The highest BCUT2D eigenvalue weighted by molar-refractivity contribution is 6.02. The number of aliphatic imine (C=N–C) groups is 1. The molecule has 8 heteroatoms. The van der Waals surface area contributed by atoms with Gasteiger partial charge < -0.3 is 15.4 Å². The van der Waals surface area contributed by atoms with E-state index in [9.17, 15) is 14.9 Å². The number of benzene rings is 1. The van der Waals surface area contributed by atoms with Crippen molar-refractivity contribution in [3.63, 3.8) is 0 Å². The molecule has 8 nitrogen and oxygen atoms in total. The summed E-state index contributed by atoms with van der Waals surface area (Å²) < 4.78 is 5.17. The third-order valence-electron chi connectivity index (χ3n) is 2.88. The first kappa shape index (κ1) is 13.9. The summed E-state index contributed by atoms with van der Waals surface area (Å²) in [5.41, 5.74) is 5.94. The highest BCUT2D eigenvalue weighted by Crippen LogP contribution is 2.12. The van der Waals surface area contributed by atoms with Gasteiger partial charge in [0.1, 0.15) is 0 Å². The molecule has 0 unspecified atom stereocenters. The van der Waals surface area contributed by atoms with Crippen LogP contribution in [0.5, 0.6) is 0 Å². The van der Waals surface area contributed by atoms with Crippen molar-refractivity contribution >= 4 is 17.6 Å². The van der Waals surface area contributed by atoms with Crippen LogP contribution in [0.3, 0.4) is 0 Å². The SMILES string of the molecule is NC(=NC(=O)c1ccc([N+](=O)[O-])cc1)N1CCOCC1. The molecule has 20 heavy (non-hydrogen) atoms. The molecule has 1 aromatic rings. The van der Waals surface area contributed by atoms with Crippen LogP contribution in [0, 0.1) is 10.1 Å². The van der Waals surface area contributed by atoms with E-state index in [2.05, 4.69) is 4.99 Å². The molecule has 0 atom stereocenters. The summed E-state index contributed by atoms with van der Waals surface area (Å²) in [4.78, 5) is 27.4. The van der Waals surface area contributed by atoms with Gasteiger partial charge in [-0.05, 0) is 12.1 Å². The zero-order valence-electron chi connectivity index (χ0n) is 10.7. The second-order valence-corrected chi connectivity index (χ2v) is 4.18. The number of guanidine groups is 1. The number of ether oxygens (including phenoxy) is 1. The Morgan fingerprint density at radius 1 is 1.30 bits per heavy atom. The van der Waals surface area contributed by atoms with Crippen LogP contribution in [-0.4, -0.2) is 48.0 Å². The van der Waals surface area contributed by atoms with Gasteiger partial charge in [0.15, 0.2) is 5.96 Å². The monoisotopic (exact) mass is 278 g/mol. The average molecular weight is 278 g/mol. The predicted molar refractivity (Wildman–Crippen MR) is 71.4 cm³/mol. The number of non-ortho nitro benzene ring substituents is 1. The molecular weight excluding hydrogens is 264 g/mol. The zero-order valence-corrected chi connectivity index (χ0v) is 10.7. The topological polar surface area (TPSA) is 111 Å². The molecule has 1 amide bonds. The van der Waals surface area contributed by atoms with Gasteiger partial charge in [-0.2, -0.15) is 4.99 Å². The maximum Gasteiger partial charge on any atom is 0.280 e. The van der Waals surface area contributed by atoms with Crippen molar-refractivity contribution in [3.8, 4) is 0 Å². The highest BCUT2D eigenvalue weighted by Gasteiger charge is 2.15. The van der Waals surface area contributed by atoms with E-state index in [0.29, 0.717) is 26.3 Å². The van der Waals surface area contributed by atoms with Crippen LogP contribution in [0.25, 0.3) is 0 Å². The largest absolute Gasteiger partial charge is 0.378 e. The van der Waals surface area contributed by atoms with Crippen LogP contribution in [0.15, 0.2) is 29.3 Å². The molecule has 1 heterocycles. The summed E-state index contributed by atoms with van der Waals surface area (Å²) in [5, 5.41) is 10.5. The Hall–Kier alpha value is -2.48. The highest BCUT2D eigenvalue weighted by atomic mass is 16.6. The molecule has 0 bridgehead atoms. The number of nitro benzene ring substituents is 1. The average Bonchev–Trinajstić information content (AvgIpc) is 2.48. The van der Waals surface area contributed by atoms with Gasteiger partial charge in [0.2, 0.25) is 0 Å². The van der Waals surface area contributed by atoms with Crippen LogP contribution in [0.4, 0.5) is 5.69 Å². The van der Waals surface area contributed by atoms with Crippen LogP contribution in [0.2, 0.25) is 0 Å². The standard InChI is InChI=1S/C12H14N4O4/c13-12(15-5-7-20-8-6-15)14-11(17)9-1-3-10(4-2-9)16(18)19/h1-4H,5-8H2,(H2,13,14,17). The molecule has 1 aliphatic rings. The number of amides is 1. The van der Waals surface area contributed by atoms with Gasteiger partial charge in [0.25, 0.3) is 11.6 Å². The number of nitrogens with two attached hydrogens (primary N) is 1. The molecule has 0 aliphatic carbocycles. The van der Waals surface area contributed by atoms with Crippen LogP contribution in [0.1, 0.15) is 10.4 Å². The molecule has 0 spiro atoms. The van der Waals surface area contributed by atoms with Gasteiger partial charge in [0.05, 0.1) is 18.1 Å². The Balaban J connectivity index is 2.08. The second kappa shape index (κ2) is 6.11. The van der Waals surface area contributed by atoms with Crippen LogP contribution < -0.4 is 5.73 Å². The molecule has 1 aliphatic heterocycles. The number of morpholine rings is 1. The lowest BCUT2D eigenvalue weighted by Crippen LogP contribution is -2.45. The molecule has 2 rings (SSSR count). The summed E-state index contributed by atoms with van der Waals surface area (Å²) in [5.74, 6) is -0.388. The number of hydrogen-bond donors (Lipinski definition) is 1. The summed E-state index contributed by atoms with van der Waals surface area (Å²) in [7, 11) is 0. The van der Waals surface area contributed by atoms with E-state index >= 15 is 0 Å². The smallest absolute Gasteiger partial charge is 0.280 e. The third kappa shape index (κ3) is 3.29. The lowest BCUT2D eigenvalue weighted by Gasteiger charge is -2.27. The first-order valence-corrected chi connectivity index (χ1v) is 6.03. The normalized spacial score (nSPS) is 16.0. The van der Waals surface area contributed by atoms with Crippen molar-refractivity contribution in [3.05, 3.63) is 39.9 Å². The maximum absolute atomic E-state index is 11.9. The summed E-state index contributed by atoms with van der Waals surface area (Å²) >= 11 is 0. The Labute approximate surface area is 115 Å². The first-order valence-electron chi connectivity index (χ1n) is 6.03. The minimum Gasteiger partial charge on any atom is -0.378 e. The van der Waals surface area contributed by atoms with E-state index < -0.39 is 10.8 Å². The van der Waals surface area contributed by atoms with Gasteiger partial charge in [-0.15, -0.1) is 0 Å². The van der Waals surface area contributed by atoms with Gasteiger partial charge in [-0.3, -0.25) is 14.9 Å². The van der Waals surface area contributed by atoms with Crippen molar-refractivity contribution < 1.29 is 14.5 Å². The van der Waals surface area contributed by atoms with Crippen molar-refractivity contribution in [1.29, 1.82) is 0 Å². The Bertz CT molecular complexity index is 535. The fourth-order valence-corrected chi connectivity index (χ4v) is 1.76. The Morgan fingerprint density at radius 3 is 2.45 bits per heavy atom. The van der Waals surface area contributed by atoms with Crippen molar-refractivity contribution in [2.24, 2.45) is 10.7 Å². The van der Waals surface area contributed by atoms with E-state index in [0.717, 1.165) is 0 Å². The third-order valence-corrected chi connectivity index (χ3v) is 2.88. The van der Waals surface area contributed by atoms with E-state index in [1.807, 2.05) is 0 Å². The Kier molecular flexibility index (Phi) is 4.26. The Morgan fingerprint density at radius 2 is 1.90 bits per heavy atom. The number of carbonyl (C=O) groups is 1. The van der Waals surface area contributed by atoms with E-state index in [-0.39, 0.29) is 17.2 Å². The quantitative estimate of drug-likeness (QED) is 0.362. The molecule has 1 aromatic carbocycles. The summed E-state index contributed by atoms with van der Waals surface area (Å²) in [6.45, 7) is 2.26. The second-order valence-electron chi connectivity index (χ2n) is 4.18. The first-order chi connectivity index (χ1) is 9.58. The fraction of sp³-hybridized carbons (Fsp3) is 0.333. The molecule has 0 saturated carbocycles. The number of hydrogen-bond acceptors (Lipinski definition) is 4. The minimum atomic E-state index is -0.528. The maximum atomic E-state index is 11.9. The molecule has 1 fully saturated rings. The molecule has 0 aromatic heterocycles. The van der Waals surface area contributed by atoms with Gasteiger partial charge in [-0.25, -0.2) is 0 Å². The van der Waals surface area contributed by atoms with E-state index in [4.69, 9.17) is 10.5 Å². The summed E-state index contributed by atoms with van der Waals surface area (Å²) in [6, 6.07) is 5.23. The van der Waals surface area contributed by atoms with Gasteiger partial charge in [-0.1, -0.05) is 0 Å². The molecule has 2 N–H and O–H groups in total. The number of nitro groups is 1. The van der Waals surface area contributed by atoms with Crippen LogP contribution >= 0.6 is 0 Å². The number of carbonyl (C=O) groups excluding carboxylic acids is 1. The van der Waals surface area contributed by atoms with Gasteiger partial charge >= 0.3 is 0 Å². The van der Waals surface area contributed by atoms with Crippen molar-refractivity contribution in [2.45, 2.75) is 0 Å². The fourth-order valence-electron chi connectivity index (χ4n) is 1.76. The molecule has 1 saturated heterocycles. The predicted octanol–water partition coefficient (Wildman–Crippen LogP) is 0.382. The van der Waals surface area contributed by atoms with E-state index in [1.54, 1.807) is 4.90 Å². The lowest BCUT2D eigenvalue weighted by molar-refractivity contribution is -0.384. The van der Waals surface area contributed by atoms with E-state index in [1.165, 1.54) is 24.3 Å². The molecular formula is C12H14N4O4. The van der Waals surface area contributed by atoms with Crippen molar-refractivity contribution in [2.75, 3.05) is 26.3 Å². The van der Waals surface area contributed by atoms with Crippen LogP contribution in [-0.2, 0) is 4.74 Å². The summed E-state index contributed by atoms with van der Waals surface area (Å²) in [6.07, 6.45) is 0. The van der Waals surface area contributed by atoms with Gasteiger partial charge in [0, 0.05) is 30.8 Å². The molecule has 0 radical (unpaired) electrons. The number of nitrogens with zero attached hydrogens (tertiary/aromatic N) is 3.